The number of nitrogens with zero attached hydrogens (tertiary/aromatic N) is 2. The first-order valence-corrected chi connectivity index (χ1v) is 5.11. The zero-order valence-electron chi connectivity index (χ0n) is 8.76. The number of aromatic nitrogens is 1. The SMILES string of the molecule is Nc1ccc(NC2CCN(C(=O)O)C2)nc1. The monoisotopic (exact) mass is 222 g/mol. The Hall–Kier alpha value is -1.98. The summed E-state index contributed by atoms with van der Waals surface area (Å²) in [6, 6.07) is 3.69. The summed E-state index contributed by atoms with van der Waals surface area (Å²) in [6.07, 6.45) is 1.51. The molecule has 1 aromatic rings. The maximum absolute atomic E-state index is 10.7. The standard InChI is InChI=1S/C10H14N4O2/c11-7-1-2-9(12-5-7)13-8-3-4-14(6-8)10(15)16/h1-2,5,8H,3-4,6,11H2,(H,12,13)(H,15,16). The van der Waals surface area contributed by atoms with Gasteiger partial charge in [-0.1, -0.05) is 0 Å². The number of nitrogens with one attached hydrogen (secondary N) is 1. The van der Waals surface area contributed by atoms with Gasteiger partial charge in [0.05, 0.1) is 11.9 Å². The fraction of sp³-hybridized carbons (Fsp3) is 0.400. The van der Waals surface area contributed by atoms with Gasteiger partial charge in [-0.15, -0.1) is 0 Å². The van der Waals surface area contributed by atoms with E-state index in [1.54, 1.807) is 18.3 Å². The van der Waals surface area contributed by atoms with Crippen LogP contribution in [-0.4, -0.2) is 40.2 Å². The van der Waals surface area contributed by atoms with Crippen LogP contribution in [0.1, 0.15) is 6.42 Å². The van der Waals surface area contributed by atoms with Crippen LogP contribution >= 0.6 is 0 Å². The summed E-state index contributed by atoms with van der Waals surface area (Å²) in [4.78, 5) is 16.2. The molecule has 1 saturated heterocycles. The van der Waals surface area contributed by atoms with Crippen LogP contribution in [-0.2, 0) is 0 Å². The largest absolute Gasteiger partial charge is 0.465 e. The predicted molar refractivity (Wildman–Crippen MR) is 60.3 cm³/mol. The van der Waals surface area contributed by atoms with Crippen molar-refractivity contribution in [3.8, 4) is 0 Å². The van der Waals surface area contributed by atoms with Gasteiger partial charge in [0.1, 0.15) is 5.82 Å². The number of nitrogen functional groups attached to an aromatic ring is 1. The Morgan fingerprint density at radius 3 is 3.00 bits per heavy atom. The van der Waals surface area contributed by atoms with E-state index in [4.69, 9.17) is 10.8 Å². The lowest BCUT2D eigenvalue weighted by molar-refractivity contribution is 0.155. The summed E-state index contributed by atoms with van der Waals surface area (Å²) < 4.78 is 0. The second-order valence-electron chi connectivity index (χ2n) is 3.84. The maximum Gasteiger partial charge on any atom is 0.407 e. The average molecular weight is 222 g/mol. The van der Waals surface area contributed by atoms with Crippen molar-refractivity contribution in [2.75, 3.05) is 24.1 Å². The second-order valence-corrected chi connectivity index (χ2v) is 3.84. The third kappa shape index (κ3) is 2.33. The smallest absolute Gasteiger partial charge is 0.407 e. The van der Waals surface area contributed by atoms with Crippen LogP contribution in [0.15, 0.2) is 18.3 Å². The van der Waals surface area contributed by atoms with Crippen LogP contribution in [0.4, 0.5) is 16.3 Å². The van der Waals surface area contributed by atoms with Crippen LogP contribution in [0.25, 0.3) is 0 Å². The number of hydrogen-bond acceptors (Lipinski definition) is 4. The number of hydrogen-bond donors (Lipinski definition) is 3. The van der Waals surface area contributed by atoms with Crippen molar-refractivity contribution in [2.24, 2.45) is 0 Å². The van der Waals surface area contributed by atoms with Gasteiger partial charge >= 0.3 is 6.09 Å². The highest BCUT2D eigenvalue weighted by molar-refractivity contribution is 5.65. The number of likely N-dealkylation sites (tertiary alicyclic amines) is 1. The molecule has 0 bridgehead atoms. The van der Waals surface area contributed by atoms with Crippen molar-refractivity contribution in [3.05, 3.63) is 18.3 Å². The fourth-order valence-corrected chi connectivity index (χ4v) is 1.75. The highest BCUT2D eigenvalue weighted by Gasteiger charge is 2.25. The van der Waals surface area contributed by atoms with Gasteiger partial charge in [-0.3, -0.25) is 0 Å². The van der Waals surface area contributed by atoms with Gasteiger partial charge in [-0.05, 0) is 18.6 Å². The number of nitrogens with two attached hydrogens (primary N) is 1. The third-order valence-electron chi connectivity index (χ3n) is 2.60. The van der Waals surface area contributed by atoms with E-state index in [2.05, 4.69) is 10.3 Å². The topological polar surface area (TPSA) is 91.5 Å². The summed E-state index contributed by atoms with van der Waals surface area (Å²) in [7, 11) is 0. The van der Waals surface area contributed by atoms with E-state index in [1.807, 2.05) is 0 Å². The summed E-state index contributed by atoms with van der Waals surface area (Å²) >= 11 is 0. The van der Waals surface area contributed by atoms with Crippen molar-refractivity contribution in [3.63, 3.8) is 0 Å². The second kappa shape index (κ2) is 4.26. The normalized spacial score (nSPS) is 19.8. The summed E-state index contributed by atoms with van der Waals surface area (Å²) in [6.45, 7) is 1.07. The number of anilines is 2. The number of amides is 1. The Morgan fingerprint density at radius 1 is 1.62 bits per heavy atom. The minimum absolute atomic E-state index is 0.132. The first-order valence-electron chi connectivity index (χ1n) is 5.11. The van der Waals surface area contributed by atoms with E-state index < -0.39 is 6.09 Å². The molecule has 1 aliphatic heterocycles. The van der Waals surface area contributed by atoms with E-state index in [1.165, 1.54) is 4.90 Å². The lowest BCUT2D eigenvalue weighted by Gasteiger charge is -2.14. The first kappa shape index (κ1) is 10.5. The van der Waals surface area contributed by atoms with Crippen molar-refractivity contribution < 1.29 is 9.90 Å². The molecule has 1 aliphatic rings. The molecule has 0 aromatic carbocycles. The molecule has 2 rings (SSSR count). The van der Waals surface area contributed by atoms with Gasteiger partial charge in [-0.2, -0.15) is 0 Å². The molecule has 1 amide bonds. The third-order valence-corrected chi connectivity index (χ3v) is 2.60. The quantitative estimate of drug-likeness (QED) is 0.689. The number of carbonyl (C=O) groups is 1. The lowest BCUT2D eigenvalue weighted by atomic mass is 10.2. The molecule has 1 unspecified atom stereocenters. The molecule has 1 fully saturated rings. The number of rotatable bonds is 2. The highest BCUT2D eigenvalue weighted by atomic mass is 16.4. The van der Waals surface area contributed by atoms with Crippen LogP contribution in [0.2, 0.25) is 0 Å². The van der Waals surface area contributed by atoms with E-state index in [0.29, 0.717) is 18.8 Å². The minimum Gasteiger partial charge on any atom is -0.465 e. The van der Waals surface area contributed by atoms with Crippen LogP contribution < -0.4 is 11.1 Å². The van der Waals surface area contributed by atoms with Gasteiger partial charge < -0.3 is 21.1 Å². The van der Waals surface area contributed by atoms with Gasteiger partial charge in [-0.25, -0.2) is 9.78 Å². The van der Waals surface area contributed by atoms with Crippen molar-refractivity contribution in [1.29, 1.82) is 0 Å². The Labute approximate surface area is 93.1 Å². The molecular weight excluding hydrogens is 208 g/mol. The predicted octanol–water partition coefficient (Wildman–Crippen LogP) is 0.828. The van der Waals surface area contributed by atoms with Gasteiger partial charge in [0, 0.05) is 19.1 Å². The zero-order chi connectivity index (χ0) is 11.5. The molecule has 86 valence electrons. The number of carboxylic acid groups (broad SMARTS) is 1. The molecule has 0 aliphatic carbocycles. The zero-order valence-corrected chi connectivity index (χ0v) is 8.76. The Kier molecular flexibility index (Phi) is 2.80. The van der Waals surface area contributed by atoms with Crippen molar-refractivity contribution in [2.45, 2.75) is 12.5 Å². The summed E-state index contributed by atoms with van der Waals surface area (Å²) in [5, 5.41) is 12.0. The van der Waals surface area contributed by atoms with Crippen LogP contribution in [0.3, 0.4) is 0 Å². The summed E-state index contributed by atoms with van der Waals surface area (Å²) in [5.41, 5.74) is 6.14. The minimum atomic E-state index is -0.866. The van der Waals surface area contributed by atoms with E-state index >= 15 is 0 Å². The Morgan fingerprint density at radius 2 is 2.44 bits per heavy atom. The molecule has 0 radical (unpaired) electrons. The maximum atomic E-state index is 10.7. The van der Waals surface area contributed by atoms with Crippen molar-refractivity contribution >= 4 is 17.6 Å². The first-order chi connectivity index (χ1) is 7.65. The highest BCUT2D eigenvalue weighted by Crippen LogP contribution is 2.14. The molecule has 0 saturated carbocycles. The summed E-state index contributed by atoms with van der Waals surface area (Å²) in [5.74, 6) is 0.728. The fourth-order valence-electron chi connectivity index (χ4n) is 1.75. The molecule has 0 spiro atoms. The molecule has 1 aromatic heterocycles. The van der Waals surface area contributed by atoms with Gasteiger partial charge in [0.25, 0.3) is 0 Å². The number of pyridine rings is 1. The van der Waals surface area contributed by atoms with E-state index in [0.717, 1.165) is 12.2 Å². The Bertz CT molecular complexity index is 379. The molecule has 1 atom stereocenters. The molecular formula is C10H14N4O2. The van der Waals surface area contributed by atoms with Crippen LogP contribution in [0, 0.1) is 0 Å². The molecule has 6 heteroatoms. The lowest BCUT2D eigenvalue weighted by Crippen LogP contribution is -2.30. The average Bonchev–Trinajstić information content (AvgIpc) is 2.70. The van der Waals surface area contributed by atoms with Crippen molar-refractivity contribution in [1.82, 2.24) is 9.88 Å². The molecule has 4 N–H and O–H groups in total. The Balaban J connectivity index is 1.92. The molecule has 2 heterocycles. The van der Waals surface area contributed by atoms with E-state index in [9.17, 15) is 4.79 Å². The van der Waals surface area contributed by atoms with E-state index in [-0.39, 0.29) is 6.04 Å². The molecule has 6 nitrogen and oxygen atoms in total. The van der Waals surface area contributed by atoms with Crippen LogP contribution in [0.5, 0.6) is 0 Å². The van der Waals surface area contributed by atoms with Gasteiger partial charge in [0.15, 0.2) is 0 Å². The van der Waals surface area contributed by atoms with Gasteiger partial charge in [0.2, 0.25) is 0 Å². The molecule has 16 heavy (non-hydrogen) atoms.